The van der Waals surface area contributed by atoms with Gasteiger partial charge in [0.15, 0.2) is 11.5 Å². The fourth-order valence-corrected chi connectivity index (χ4v) is 3.18. The largest absolute Gasteiger partial charge is 0.332 e. The van der Waals surface area contributed by atoms with Gasteiger partial charge in [-0.25, -0.2) is 0 Å². The second kappa shape index (κ2) is 4.53. The Morgan fingerprint density at radius 1 is 1.14 bits per heavy atom. The zero-order valence-electron chi connectivity index (χ0n) is 13.0. The van der Waals surface area contributed by atoms with Gasteiger partial charge < -0.3 is 4.52 Å². The van der Waals surface area contributed by atoms with E-state index in [2.05, 4.69) is 46.4 Å². The lowest BCUT2D eigenvalue weighted by atomic mass is 9.91. The lowest BCUT2D eigenvalue weighted by Crippen LogP contribution is -2.12. The van der Waals surface area contributed by atoms with Crippen molar-refractivity contribution in [3.8, 4) is 11.6 Å². The van der Waals surface area contributed by atoms with Gasteiger partial charge in [-0.05, 0) is 37.8 Å². The summed E-state index contributed by atoms with van der Waals surface area (Å²) in [5.41, 5.74) is 4.32. The zero-order chi connectivity index (χ0) is 15.3. The molecule has 5 nitrogen and oxygen atoms in total. The van der Waals surface area contributed by atoms with E-state index >= 15 is 0 Å². The molecule has 0 aliphatic heterocycles. The summed E-state index contributed by atoms with van der Waals surface area (Å²) in [6.07, 6.45) is 4.09. The molecule has 5 heteroatoms. The van der Waals surface area contributed by atoms with Gasteiger partial charge in [-0.15, -0.1) is 0 Å². The molecule has 0 unspecified atom stereocenters. The number of hydrogen-bond donors (Lipinski definition) is 0. The van der Waals surface area contributed by atoms with Crippen molar-refractivity contribution in [2.45, 2.75) is 32.1 Å². The normalized spacial score (nSPS) is 16.0. The number of benzene rings is 1. The van der Waals surface area contributed by atoms with E-state index in [-0.39, 0.29) is 5.41 Å². The van der Waals surface area contributed by atoms with Gasteiger partial charge in [-0.3, -0.25) is 4.68 Å². The van der Waals surface area contributed by atoms with E-state index in [1.54, 1.807) is 4.68 Å². The molecule has 3 aromatic rings. The molecular weight excluding hydrogens is 276 g/mol. The average Bonchev–Trinajstić information content (AvgIpc) is 3.01. The van der Waals surface area contributed by atoms with E-state index in [1.165, 1.54) is 11.1 Å². The quantitative estimate of drug-likeness (QED) is 0.744. The van der Waals surface area contributed by atoms with Gasteiger partial charge in [0.2, 0.25) is 0 Å². The summed E-state index contributed by atoms with van der Waals surface area (Å²) in [6.45, 7) is 4.14. The monoisotopic (exact) mass is 294 g/mol. The van der Waals surface area contributed by atoms with E-state index in [1.807, 2.05) is 20.2 Å². The highest BCUT2D eigenvalue weighted by atomic mass is 16.5. The van der Waals surface area contributed by atoms with Gasteiger partial charge >= 0.3 is 0 Å². The first-order chi connectivity index (χ1) is 10.6. The topological polar surface area (TPSA) is 56.7 Å². The molecule has 0 N–H and O–H groups in total. The molecule has 0 saturated heterocycles. The minimum absolute atomic E-state index is 0.0736. The molecule has 2 heterocycles. The fourth-order valence-electron chi connectivity index (χ4n) is 3.18. The van der Waals surface area contributed by atoms with Gasteiger partial charge in [-0.1, -0.05) is 29.4 Å². The summed E-state index contributed by atoms with van der Waals surface area (Å²) in [5, 5.41) is 8.67. The summed E-state index contributed by atoms with van der Waals surface area (Å²) in [6, 6.07) is 8.45. The minimum Gasteiger partial charge on any atom is -0.332 e. The van der Waals surface area contributed by atoms with Gasteiger partial charge in [0.25, 0.3) is 5.89 Å². The number of hydrogen-bond acceptors (Lipinski definition) is 4. The van der Waals surface area contributed by atoms with Crippen LogP contribution in [0, 0.1) is 13.8 Å². The Hall–Kier alpha value is -2.43. The highest BCUT2D eigenvalue weighted by Gasteiger charge is 2.50. The third-order valence-corrected chi connectivity index (χ3v) is 4.48. The minimum atomic E-state index is -0.0736. The Labute approximate surface area is 129 Å². The van der Waals surface area contributed by atoms with Crippen LogP contribution in [0.1, 0.15) is 35.4 Å². The highest BCUT2D eigenvalue weighted by molar-refractivity contribution is 5.52. The summed E-state index contributed by atoms with van der Waals surface area (Å²) < 4.78 is 7.26. The summed E-state index contributed by atoms with van der Waals surface area (Å²) in [5.74, 6) is 1.29. The van der Waals surface area contributed by atoms with Crippen LogP contribution in [0.3, 0.4) is 0 Å². The van der Waals surface area contributed by atoms with Crippen molar-refractivity contribution in [2.24, 2.45) is 7.05 Å². The third-order valence-electron chi connectivity index (χ3n) is 4.48. The van der Waals surface area contributed by atoms with Crippen molar-refractivity contribution in [1.29, 1.82) is 0 Å². The van der Waals surface area contributed by atoms with E-state index in [0.717, 1.165) is 29.9 Å². The van der Waals surface area contributed by atoms with Crippen LogP contribution in [-0.4, -0.2) is 19.9 Å². The molecule has 2 aromatic heterocycles. The van der Waals surface area contributed by atoms with Crippen LogP contribution in [-0.2, 0) is 12.5 Å². The molecule has 0 spiro atoms. The Kier molecular flexibility index (Phi) is 2.73. The smallest absolute Gasteiger partial charge is 0.278 e. The lowest BCUT2D eigenvalue weighted by molar-refractivity contribution is 0.416. The molecule has 1 aromatic carbocycles. The fraction of sp³-hybridized carbons (Fsp3) is 0.353. The maximum absolute atomic E-state index is 5.50. The first-order valence-corrected chi connectivity index (χ1v) is 7.51. The number of rotatable bonds is 3. The predicted molar refractivity (Wildman–Crippen MR) is 82.4 cm³/mol. The molecule has 112 valence electrons. The summed E-state index contributed by atoms with van der Waals surface area (Å²) in [4.78, 5) is 4.65. The molecule has 1 fully saturated rings. The van der Waals surface area contributed by atoms with E-state index in [0.29, 0.717) is 5.89 Å². The molecule has 1 aliphatic rings. The van der Waals surface area contributed by atoms with Crippen molar-refractivity contribution >= 4 is 0 Å². The van der Waals surface area contributed by atoms with Gasteiger partial charge in [-0.2, -0.15) is 10.1 Å². The van der Waals surface area contributed by atoms with Crippen molar-refractivity contribution in [1.82, 2.24) is 19.9 Å². The first-order valence-electron chi connectivity index (χ1n) is 7.51. The standard InChI is InChI=1S/C17H18N4O/c1-11-6-4-5-7-13(11)17(8-9-17)16-18-15(22-20-16)14-12(2)10-21(3)19-14/h4-7,10H,8-9H2,1-3H3. The first kappa shape index (κ1) is 13.2. The molecule has 4 rings (SSSR count). The summed E-state index contributed by atoms with van der Waals surface area (Å²) in [7, 11) is 1.89. The van der Waals surface area contributed by atoms with E-state index in [9.17, 15) is 0 Å². The second-order valence-corrected chi connectivity index (χ2v) is 6.15. The molecule has 0 bridgehead atoms. The number of aromatic nitrogens is 4. The number of aryl methyl sites for hydroxylation is 3. The van der Waals surface area contributed by atoms with Crippen molar-refractivity contribution < 1.29 is 4.52 Å². The molecule has 0 radical (unpaired) electrons. The van der Waals surface area contributed by atoms with E-state index < -0.39 is 0 Å². The Morgan fingerprint density at radius 3 is 2.55 bits per heavy atom. The molecular formula is C17H18N4O. The van der Waals surface area contributed by atoms with Crippen molar-refractivity contribution in [3.63, 3.8) is 0 Å². The maximum atomic E-state index is 5.50. The van der Waals surface area contributed by atoms with Crippen molar-refractivity contribution in [3.05, 3.63) is 53.0 Å². The average molecular weight is 294 g/mol. The third kappa shape index (κ3) is 1.89. The highest BCUT2D eigenvalue weighted by Crippen LogP contribution is 2.53. The SMILES string of the molecule is Cc1ccccc1C1(c2noc(-c3nn(C)cc3C)n2)CC1. The van der Waals surface area contributed by atoms with Crippen LogP contribution in [0.15, 0.2) is 35.0 Å². The van der Waals surface area contributed by atoms with Crippen LogP contribution in [0.4, 0.5) is 0 Å². The van der Waals surface area contributed by atoms with Crippen LogP contribution in [0.2, 0.25) is 0 Å². The maximum Gasteiger partial charge on any atom is 0.278 e. The molecule has 0 atom stereocenters. The van der Waals surface area contributed by atoms with Crippen molar-refractivity contribution in [2.75, 3.05) is 0 Å². The molecule has 1 saturated carbocycles. The summed E-state index contributed by atoms with van der Waals surface area (Å²) >= 11 is 0. The molecule has 1 aliphatic carbocycles. The Balaban J connectivity index is 1.76. The molecule has 22 heavy (non-hydrogen) atoms. The zero-order valence-corrected chi connectivity index (χ0v) is 13.0. The second-order valence-electron chi connectivity index (χ2n) is 6.15. The van der Waals surface area contributed by atoms with Gasteiger partial charge in [0, 0.05) is 18.8 Å². The molecule has 0 amide bonds. The predicted octanol–water partition coefficient (Wildman–Crippen LogP) is 3.17. The van der Waals surface area contributed by atoms with Crippen LogP contribution < -0.4 is 0 Å². The Bertz CT molecular complexity index is 842. The van der Waals surface area contributed by atoms with Crippen LogP contribution in [0.5, 0.6) is 0 Å². The van der Waals surface area contributed by atoms with Crippen LogP contribution in [0.25, 0.3) is 11.6 Å². The van der Waals surface area contributed by atoms with Crippen LogP contribution >= 0.6 is 0 Å². The number of nitrogens with zero attached hydrogens (tertiary/aromatic N) is 4. The Morgan fingerprint density at radius 2 is 1.91 bits per heavy atom. The van der Waals surface area contributed by atoms with Gasteiger partial charge in [0.05, 0.1) is 5.41 Å². The van der Waals surface area contributed by atoms with Gasteiger partial charge in [0.1, 0.15) is 0 Å². The lowest BCUT2D eigenvalue weighted by Gasteiger charge is -2.13. The van der Waals surface area contributed by atoms with E-state index in [4.69, 9.17) is 4.52 Å².